The first-order chi connectivity index (χ1) is 15.4. The number of carboxylic acid groups (broad SMARTS) is 1. The van der Waals surface area contributed by atoms with Crippen LogP contribution in [0.2, 0.25) is 0 Å². The van der Waals surface area contributed by atoms with E-state index in [0.29, 0.717) is 34.0 Å². The van der Waals surface area contributed by atoms with E-state index in [2.05, 4.69) is 9.97 Å². The number of para-hydroxylation sites is 1. The van der Waals surface area contributed by atoms with E-state index in [4.69, 9.17) is 9.15 Å². The predicted molar refractivity (Wildman–Crippen MR) is 116 cm³/mol. The fourth-order valence-corrected chi connectivity index (χ4v) is 4.16. The van der Waals surface area contributed by atoms with Crippen LogP contribution < -0.4 is 4.74 Å². The Labute approximate surface area is 190 Å². The number of rotatable bonds is 6. The van der Waals surface area contributed by atoms with Crippen molar-refractivity contribution in [3.05, 3.63) is 64.5 Å². The van der Waals surface area contributed by atoms with Gasteiger partial charge in [-0.1, -0.05) is 18.2 Å². The molecule has 0 aliphatic heterocycles. The van der Waals surface area contributed by atoms with Crippen molar-refractivity contribution in [3.8, 4) is 16.3 Å². The Bertz CT molecular complexity index is 1320. The number of carboxylic acids is 1. The van der Waals surface area contributed by atoms with Crippen molar-refractivity contribution in [1.29, 1.82) is 0 Å². The van der Waals surface area contributed by atoms with Crippen molar-refractivity contribution in [1.82, 2.24) is 9.97 Å². The SMILES string of the molecule is Cc1nc(-c2ccc(C(F)(F)F)cc2)sc1Cc1nc2cccc(OC(C)(C)C(=O)O)c2o1. The number of fused-ring (bicyclic) bond motifs is 1. The van der Waals surface area contributed by atoms with Crippen LogP contribution in [0.5, 0.6) is 5.75 Å². The topological polar surface area (TPSA) is 85.5 Å². The number of nitrogens with zero attached hydrogens (tertiary/aromatic N) is 2. The number of hydrogen-bond acceptors (Lipinski definition) is 6. The largest absolute Gasteiger partial charge is 0.478 e. The third-order valence-electron chi connectivity index (χ3n) is 4.97. The van der Waals surface area contributed by atoms with Gasteiger partial charge in [-0.05, 0) is 45.0 Å². The van der Waals surface area contributed by atoms with Crippen molar-refractivity contribution in [2.45, 2.75) is 39.0 Å². The zero-order valence-electron chi connectivity index (χ0n) is 17.9. The molecule has 0 fully saturated rings. The monoisotopic (exact) mass is 476 g/mol. The molecule has 33 heavy (non-hydrogen) atoms. The lowest BCUT2D eigenvalue weighted by molar-refractivity contribution is -0.152. The second-order valence-corrected chi connectivity index (χ2v) is 8.99. The Balaban J connectivity index is 1.60. The van der Waals surface area contributed by atoms with E-state index in [1.807, 2.05) is 6.92 Å². The Morgan fingerprint density at radius 3 is 2.45 bits per heavy atom. The number of aliphatic carboxylic acids is 1. The third-order valence-corrected chi connectivity index (χ3v) is 6.17. The summed E-state index contributed by atoms with van der Waals surface area (Å²) in [5.41, 5.74) is 0.00902. The van der Waals surface area contributed by atoms with E-state index in [1.54, 1.807) is 18.2 Å². The summed E-state index contributed by atoms with van der Waals surface area (Å²) in [4.78, 5) is 21.2. The zero-order chi connectivity index (χ0) is 24.0. The molecule has 10 heteroatoms. The maximum absolute atomic E-state index is 12.8. The lowest BCUT2D eigenvalue weighted by Gasteiger charge is -2.21. The van der Waals surface area contributed by atoms with Gasteiger partial charge in [0.05, 0.1) is 17.7 Å². The van der Waals surface area contributed by atoms with E-state index in [0.717, 1.165) is 22.7 Å². The van der Waals surface area contributed by atoms with Crippen LogP contribution >= 0.6 is 11.3 Å². The van der Waals surface area contributed by atoms with E-state index in [9.17, 15) is 23.1 Å². The van der Waals surface area contributed by atoms with Crippen molar-refractivity contribution < 1.29 is 32.2 Å². The quantitative estimate of drug-likeness (QED) is 0.361. The molecule has 0 saturated heterocycles. The van der Waals surface area contributed by atoms with Crippen molar-refractivity contribution in [2.24, 2.45) is 0 Å². The molecule has 2 aromatic heterocycles. The second-order valence-electron chi connectivity index (χ2n) is 7.91. The highest BCUT2D eigenvalue weighted by molar-refractivity contribution is 7.15. The van der Waals surface area contributed by atoms with E-state index in [1.165, 1.54) is 37.3 Å². The van der Waals surface area contributed by atoms with Crippen LogP contribution in [-0.2, 0) is 17.4 Å². The zero-order valence-corrected chi connectivity index (χ0v) is 18.7. The van der Waals surface area contributed by atoms with Gasteiger partial charge in [-0.3, -0.25) is 0 Å². The van der Waals surface area contributed by atoms with Gasteiger partial charge in [0.2, 0.25) is 5.89 Å². The van der Waals surface area contributed by atoms with Gasteiger partial charge >= 0.3 is 12.1 Å². The van der Waals surface area contributed by atoms with Gasteiger partial charge in [0.1, 0.15) is 10.5 Å². The summed E-state index contributed by atoms with van der Waals surface area (Å²) in [6, 6.07) is 9.91. The van der Waals surface area contributed by atoms with Gasteiger partial charge in [-0.15, -0.1) is 11.3 Å². The molecule has 0 aliphatic rings. The molecule has 0 aliphatic carbocycles. The second kappa shape index (κ2) is 8.18. The number of halogens is 3. The fraction of sp³-hybridized carbons (Fsp3) is 0.261. The molecule has 0 atom stereocenters. The van der Waals surface area contributed by atoms with Crippen LogP contribution in [0.4, 0.5) is 13.2 Å². The maximum Gasteiger partial charge on any atom is 0.416 e. The summed E-state index contributed by atoms with van der Waals surface area (Å²) in [5.74, 6) is -0.458. The Hall–Kier alpha value is -3.40. The molecule has 0 unspecified atom stereocenters. The van der Waals surface area contributed by atoms with Crippen LogP contribution in [-0.4, -0.2) is 26.6 Å². The first-order valence-electron chi connectivity index (χ1n) is 9.89. The highest BCUT2D eigenvalue weighted by atomic mass is 32.1. The molecule has 172 valence electrons. The van der Waals surface area contributed by atoms with Gasteiger partial charge < -0.3 is 14.3 Å². The number of oxazole rings is 1. The first-order valence-corrected chi connectivity index (χ1v) is 10.7. The summed E-state index contributed by atoms with van der Waals surface area (Å²) in [5, 5.41) is 9.92. The van der Waals surface area contributed by atoms with E-state index in [-0.39, 0.29) is 5.75 Å². The number of alkyl halides is 3. The average molecular weight is 476 g/mol. The molecule has 2 aromatic carbocycles. The van der Waals surface area contributed by atoms with Gasteiger partial charge in [-0.2, -0.15) is 13.2 Å². The minimum Gasteiger partial charge on any atom is -0.478 e. The van der Waals surface area contributed by atoms with Gasteiger partial charge in [-0.25, -0.2) is 14.8 Å². The maximum atomic E-state index is 12.8. The minimum atomic E-state index is -4.39. The summed E-state index contributed by atoms with van der Waals surface area (Å²) in [6.07, 6.45) is -4.07. The lowest BCUT2D eigenvalue weighted by Crippen LogP contribution is -2.37. The standard InChI is InChI=1S/C23H19F3N2O4S/c1-12-17(33-20(27-12)13-7-9-14(10-8-13)23(24,25)26)11-18-28-15-5-4-6-16(19(15)31-18)32-22(2,3)21(29)30/h4-10H,11H2,1-3H3,(H,29,30). The third kappa shape index (κ3) is 4.70. The van der Waals surface area contributed by atoms with Gasteiger partial charge in [0, 0.05) is 10.4 Å². The van der Waals surface area contributed by atoms with Gasteiger partial charge in [0.15, 0.2) is 16.9 Å². The molecule has 0 spiro atoms. The van der Waals surface area contributed by atoms with Crippen molar-refractivity contribution in [2.75, 3.05) is 0 Å². The Kier molecular flexibility index (Phi) is 5.65. The number of aryl methyl sites for hydroxylation is 1. The molecule has 1 N–H and O–H groups in total. The number of hydrogen-bond donors (Lipinski definition) is 1. The summed E-state index contributed by atoms with van der Waals surface area (Å²) in [6.45, 7) is 4.69. The molecule has 6 nitrogen and oxygen atoms in total. The van der Waals surface area contributed by atoms with Crippen LogP contribution in [0.25, 0.3) is 21.7 Å². The fourth-order valence-electron chi connectivity index (χ4n) is 3.10. The molecule has 0 radical (unpaired) electrons. The minimum absolute atomic E-state index is 0.269. The molecular weight excluding hydrogens is 457 g/mol. The summed E-state index contributed by atoms with van der Waals surface area (Å²) < 4.78 is 49.9. The Morgan fingerprint density at radius 2 is 1.82 bits per heavy atom. The smallest absolute Gasteiger partial charge is 0.416 e. The van der Waals surface area contributed by atoms with Crippen molar-refractivity contribution >= 4 is 28.4 Å². The normalized spacial score (nSPS) is 12.3. The van der Waals surface area contributed by atoms with Crippen LogP contribution in [0.3, 0.4) is 0 Å². The van der Waals surface area contributed by atoms with Gasteiger partial charge in [0.25, 0.3) is 0 Å². The van der Waals surface area contributed by atoms with E-state index < -0.39 is 23.3 Å². The average Bonchev–Trinajstić information content (AvgIpc) is 3.31. The number of carbonyl (C=O) groups is 1. The lowest BCUT2D eigenvalue weighted by atomic mass is 10.1. The van der Waals surface area contributed by atoms with Crippen molar-refractivity contribution in [3.63, 3.8) is 0 Å². The number of thiazole rings is 1. The number of ether oxygens (including phenoxy) is 1. The molecule has 4 rings (SSSR count). The van der Waals surface area contributed by atoms with Crippen LogP contribution in [0.15, 0.2) is 46.9 Å². The molecule has 0 amide bonds. The van der Waals surface area contributed by atoms with E-state index >= 15 is 0 Å². The number of aromatic nitrogens is 2. The molecule has 2 heterocycles. The number of benzene rings is 2. The highest BCUT2D eigenvalue weighted by Crippen LogP contribution is 2.35. The molecule has 0 bridgehead atoms. The molecular formula is C23H19F3N2O4S. The molecule has 4 aromatic rings. The summed E-state index contributed by atoms with van der Waals surface area (Å²) in [7, 11) is 0. The highest BCUT2D eigenvalue weighted by Gasteiger charge is 2.31. The summed E-state index contributed by atoms with van der Waals surface area (Å²) >= 11 is 1.35. The van der Waals surface area contributed by atoms with Crippen LogP contribution in [0, 0.1) is 6.92 Å². The van der Waals surface area contributed by atoms with Crippen LogP contribution in [0.1, 0.15) is 35.9 Å². The Morgan fingerprint density at radius 1 is 1.12 bits per heavy atom. The predicted octanol–water partition coefficient (Wildman–Crippen LogP) is 6.11. The molecule has 0 saturated carbocycles. The first kappa shape index (κ1) is 22.8.